The summed E-state index contributed by atoms with van der Waals surface area (Å²) >= 11 is 0. The summed E-state index contributed by atoms with van der Waals surface area (Å²) in [5.74, 6) is -0.240. The van der Waals surface area contributed by atoms with Crippen molar-refractivity contribution in [3.63, 3.8) is 0 Å². The number of carbonyl (C=O) groups is 4. The van der Waals surface area contributed by atoms with Gasteiger partial charge >= 0.3 is 5.97 Å². The number of amides is 2. The van der Waals surface area contributed by atoms with E-state index in [2.05, 4.69) is 23.4 Å². The quantitative estimate of drug-likeness (QED) is 0.161. The molecule has 1 aromatic heterocycles. The predicted octanol–water partition coefficient (Wildman–Crippen LogP) is 5.74. The third-order valence-corrected chi connectivity index (χ3v) is 9.45. The number of benzene rings is 3. The third-order valence-electron chi connectivity index (χ3n) is 9.45. The minimum atomic E-state index is -1.06. The van der Waals surface area contributed by atoms with Crippen LogP contribution in [0.15, 0.2) is 73.1 Å². The first-order chi connectivity index (χ1) is 24.1. The fourth-order valence-electron chi connectivity index (χ4n) is 6.13. The molecule has 1 fully saturated rings. The Labute approximate surface area is 291 Å². The average Bonchev–Trinajstić information content (AvgIpc) is 3.77. The van der Waals surface area contributed by atoms with Crippen LogP contribution in [0, 0.1) is 19.3 Å². The third kappa shape index (κ3) is 8.22. The molecule has 11 heteroatoms. The number of carboxylic acids is 1. The van der Waals surface area contributed by atoms with Crippen molar-refractivity contribution in [2.75, 3.05) is 31.2 Å². The van der Waals surface area contributed by atoms with Gasteiger partial charge in [0.1, 0.15) is 5.75 Å². The molecule has 0 saturated heterocycles. The Balaban J connectivity index is 1.12. The van der Waals surface area contributed by atoms with E-state index in [1.54, 1.807) is 29.1 Å². The predicted molar refractivity (Wildman–Crippen MR) is 188 cm³/mol. The molecule has 260 valence electrons. The Hall–Kier alpha value is -5.45. The average molecular weight is 679 g/mol. The lowest BCUT2D eigenvalue weighted by atomic mass is 10.1. The van der Waals surface area contributed by atoms with Gasteiger partial charge in [0.2, 0.25) is 5.91 Å². The number of nitrogens with zero attached hydrogens (tertiary/aromatic N) is 3. The molecule has 1 spiro atoms. The second-order valence-electron chi connectivity index (χ2n) is 13.3. The van der Waals surface area contributed by atoms with Gasteiger partial charge in [0.05, 0.1) is 44.6 Å². The number of hydrogen-bond acceptors (Lipinski definition) is 7. The zero-order valence-electron chi connectivity index (χ0n) is 28.4. The van der Waals surface area contributed by atoms with Gasteiger partial charge in [-0.3, -0.25) is 23.9 Å². The van der Waals surface area contributed by atoms with Gasteiger partial charge in [-0.15, -0.1) is 0 Å². The van der Waals surface area contributed by atoms with Crippen LogP contribution in [-0.4, -0.2) is 64.8 Å². The summed E-state index contributed by atoms with van der Waals surface area (Å²) in [6.07, 6.45) is 6.29. The van der Waals surface area contributed by atoms with Crippen molar-refractivity contribution in [1.29, 1.82) is 0 Å². The number of ketones is 1. The molecule has 0 unspecified atom stereocenters. The van der Waals surface area contributed by atoms with Crippen molar-refractivity contribution >= 4 is 29.3 Å². The maximum Gasteiger partial charge on any atom is 0.303 e. The van der Waals surface area contributed by atoms with Crippen LogP contribution in [0.1, 0.15) is 65.6 Å². The van der Waals surface area contributed by atoms with E-state index >= 15 is 0 Å². The molecular formula is C39H42N4O7. The smallest absolute Gasteiger partial charge is 0.303 e. The van der Waals surface area contributed by atoms with E-state index in [4.69, 9.17) is 14.6 Å². The number of para-hydroxylation sites is 1. The molecule has 0 bridgehead atoms. The summed E-state index contributed by atoms with van der Waals surface area (Å²) in [6, 6.07) is 18.9. The number of Topliss-reactive ketones (excluding diaryl/α,β-unsaturated/α-hetero) is 1. The Morgan fingerprint density at radius 1 is 1.00 bits per heavy atom. The van der Waals surface area contributed by atoms with Gasteiger partial charge in [0.15, 0.2) is 11.5 Å². The fraction of sp³-hybridized carbons (Fsp3) is 0.359. The van der Waals surface area contributed by atoms with Gasteiger partial charge in [0.25, 0.3) is 5.91 Å². The van der Waals surface area contributed by atoms with E-state index in [-0.39, 0.29) is 36.5 Å². The maximum absolute atomic E-state index is 13.8. The lowest BCUT2D eigenvalue weighted by Gasteiger charge is -2.25. The summed E-state index contributed by atoms with van der Waals surface area (Å²) in [4.78, 5) is 50.9. The van der Waals surface area contributed by atoms with Gasteiger partial charge in [-0.25, -0.2) is 0 Å². The number of ether oxygens (including phenoxy) is 2. The summed E-state index contributed by atoms with van der Waals surface area (Å²) < 4.78 is 14.3. The van der Waals surface area contributed by atoms with Crippen molar-refractivity contribution in [3.8, 4) is 22.6 Å². The lowest BCUT2D eigenvalue weighted by Crippen LogP contribution is -2.36. The molecule has 3 aromatic carbocycles. The highest BCUT2D eigenvalue weighted by atomic mass is 16.5. The minimum Gasteiger partial charge on any atom is -0.493 e. The zero-order chi connectivity index (χ0) is 35.3. The second kappa shape index (κ2) is 15.0. The number of aliphatic carboxylic acids is 1. The monoisotopic (exact) mass is 678 g/mol. The maximum atomic E-state index is 13.8. The highest BCUT2D eigenvalue weighted by Crippen LogP contribution is 2.52. The first-order valence-electron chi connectivity index (χ1n) is 17.0. The number of rotatable bonds is 14. The number of aryl methyl sites for hydroxylation is 1. The first kappa shape index (κ1) is 34.4. The summed E-state index contributed by atoms with van der Waals surface area (Å²) in [5.41, 5.74) is 5.93. The summed E-state index contributed by atoms with van der Waals surface area (Å²) in [6.45, 7) is 5.90. The Bertz CT molecular complexity index is 1910. The van der Waals surface area contributed by atoms with Crippen molar-refractivity contribution in [1.82, 2.24) is 15.1 Å². The lowest BCUT2D eigenvalue weighted by molar-refractivity contribution is -0.138. The van der Waals surface area contributed by atoms with Crippen molar-refractivity contribution in [2.24, 2.45) is 5.41 Å². The molecule has 2 heterocycles. The van der Waals surface area contributed by atoms with Gasteiger partial charge in [0, 0.05) is 47.7 Å². The van der Waals surface area contributed by atoms with E-state index < -0.39 is 11.9 Å². The van der Waals surface area contributed by atoms with Crippen LogP contribution in [0.25, 0.3) is 11.1 Å². The highest BCUT2D eigenvalue weighted by Gasteiger charge is 2.48. The van der Waals surface area contributed by atoms with Crippen LogP contribution in [0.3, 0.4) is 0 Å². The molecule has 0 atom stereocenters. The molecule has 2 amide bonds. The molecular weight excluding hydrogens is 636 g/mol. The first-order valence-corrected chi connectivity index (χ1v) is 17.0. The number of carboxylic acid groups (broad SMARTS) is 1. The van der Waals surface area contributed by atoms with Crippen LogP contribution >= 0.6 is 0 Å². The molecule has 50 heavy (non-hydrogen) atoms. The molecule has 0 radical (unpaired) electrons. The Morgan fingerprint density at radius 3 is 2.60 bits per heavy atom. The minimum absolute atomic E-state index is 0.0334. The van der Waals surface area contributed by atoms with Crippen molar-refractivity contribution < 1.29 is 33.8 Å². The van der Waals surface area contributed by atoms with Crippen molar-refractivity contribution in [3.05, 3.63) is 95.3 Å². The molecule has 6 rings (SSSR count). The molecule has 2 aliphatic rings. The van der Waals surface area contributed by atoms with Crippen molar-refractivity contribution in [2.45, 2.75) is 58.9 Å². The van der Waals surface area contributed by atoms with E-state index in [9.17, 15) is 19.2 Å². The summed E-state index contributed by atoms with van der Waals surface area (Å²) in [7, 11) is 0. The molecule has 1 aliphatic carbocycles. The van der Waals surface area contributed by atoms with Crippen LogP contribution in [-0.2, 0) is 20.9 Å². The largest absolute Gasteiger partial charge is 0.493 e. The van der Waals surface area contributed by atoms with Gasteiger partial charge in [-0.2, -0.15) is 5.10 Å². The number of fused-ring (bicyclic) bond motifs is 1. The number of carbonyl (C=O) groups excluding carboxylic acids is 3. The normalized spacial score (nSPS) is 14.3. The number of hydrogen-bond donors (Lipinski definition) is 2. The SMILES string of the molecule is Cc1cccc(OCCCC(=O)N2CC3(CC3)COc3c(-c4cnn(Cc5cccc(C(=O)NCC(=O)CCC(=O)O)c5)c4)cccc32)c1C. The van der Waals surface area contributed by atoms with E-state index in [1.165, 1.54) is 5.56 Å². The molecule has 4 aromatic rings. The summed E-state index contributed by atoms with van der Waals surface area (Å²) in [5, 5.41) is 15.9. The Morgan fingerprint density at radius 2 is 1.80 bits per heavy atom. The number of nitrogens with one attached hydrogen (secondary N) is 1. The highest BCUT2D eigenvalue weighted by molar-refractivity contribution is 5.98. The topological polar surface area (TPSA) is 140 Å². The van der Waals surface area contributed by atoms with Crippen LogP contribution in [0.5, 0.6) is 11.5 Å². The van der Waals surface area contributed by atoms with Gasteiger partial charge in [-0.05, 0) is 74.1 Å². The van der Waals surface area contributed by atoms with E-state index in [0.29, 0.717) is 50.5 Å². The molecule has 1 saturated carbocycles. The fourth-order valence-corrected chi connectivity index (χ4v) is 6.13. The number of aromatic nitrogens is 2. The molecule has 11 nitrogen and oxygen atoms in total. The Kier molecular flexibility index (Phi) is 10.3. The van der Waals surface area contributed by atoms with Crippen LogP contribution in [0.4, 0.5) is 5.69 Å². The number of anilines is 1. The zero-order valence-corrected chi connectivity index (χ0v) is 28.4. The molecule has 2 N–H and O–H groups in total. The molecule has 1 aliphatic heterocycles. The van der Waals surface area contributed by atoms with Crippen LogP contribution < -0.4 is 19.7 Å². The standard InChI is InChI=1S/C39H42N4O7/c1-26-7-3-12-34(27(26)2)49-18-6-13-35(45)43-24-39(16-17-39)25-50-37-32(10-5-11-33(37)43)30-20-41-42(23-30)22-28-8-4-9-29(19-28)38(48)40-21-31(44)14-15-36(46)47/h3-5,7-12,19-20,23H,6,13-18,21-22,24-25H2,1-2H3,(H,40,48)(H,46,47). The van der Waals surface area contributed by atoms with E-state index in [1.807, 2.05) is 54.4 Å². The van der Waals surface area contributed by atoms with Gasteiger partial charge in [-0.1, -0.05) is 36.4 Å². The van der Waals surface area contributed by atoms with E-state index in [0.717, 1.165) is 46.5 Å². The van der Waals surface area contributed by atoms with Gasteiger partial charge < -0.3 is 24.8 Å². The van der Waals surface area contributed by atoms with Crippen LogP contribution in [0.2, 0.25) is 0 Å². The second-order valence-corrected chi connectivity index (χ2v) is 13.3.